The molecule has 2 N–H and O–H groups in total. The summed E-state index contributed by atoms with van der Waals surface area (Å²) in [4.78, 5) is 23.2. The Morgan fingerprint density at radius 3 is 2.80 bits per heavy atom. The molecule has 25 heavy (non-hydrogen) atoms. The number of carbonyl (C=O) groups is 1. The summed E-state index contributed by atoms with van der Waals surface area (Å²) < 4.78 is 0. The molecule has 6 nitrogen and oxygen atoms in total. The predicted octanol–water partition coefficient (Wildman–Crippen LogP) is 3.75. The van der Waals surface area contributed by atoms with Crippen molar-refractivity contribution in [3.05, 3.63) is 46.7 Å². The lowest BCUT2D eigenvalue weighted by Crippen LogP contribution is -2.32. The molecular formula is C18H22ClN5O. The molecule has 2 amide bonds. The molecule has 7 heteroatoms. The van der Waals surface area contributed by atoms with Crippen LogP contribution in [0.3, 0.4) is 0 Å². The number of benzene rings is 1. The Morgan fingerprint density at radius 1 is 1.24 bits per heavy atom. The summed E-state index contributed by atoms with van der Waals surface area (Å²) in [6, 6.07) is 7.00. The summed E-state index contributed by atoms with van der Waals surface area (Å²) >= 11 is 6.13. The number of rotatable bonds is 4. The highest BCUT2D eigenvalue weighted by Crippen LogP contribution is 2.22. The number of amides is 2. The third kappa shape index (κ3) is 4.82. The van der Waals surface area contributed by atoms with Crippen LogP contribution in [0.4, 0.5) is 16.4 Å². The van der Waals surface area contributed by atoms with Crippen molar-refractivity contribution in [2.24, 2.45) is 0 Å². The molecule has 2 aromatic rings. The molecule has 2 heterocycles. The van der Waals surface area contributed by atoms with Crippen molar-refractivity contribution >= 4 is 29.3 Å². The molecule has 1 fully saturated rings. The predicted molar refractivity (Wildman–Crippen MR) is 100 cm³/mol. The molecule has 0 spiro atoms. The van der Waals surface area contributed by atoms with Crippen molar-refractivity contribution in [3.8, 4) is 0 Å². The number of carbonyl (C=O) groups excluding carboxylic acids is 1. The summed E-state index contributed by atoms with van der Waals surface area (Å²) in [5.74, 6) is 0.737. The van der Waals surface area contributed by atoms with E-state index < -0.39 is 0 Å². The fraction of sp³-hybridized carbons (Fsp3) is 0.389. The first kappa shape index (κ1) is 17.5. The molecule has 1 aliphatic rings. The van der Waals surface area contributed by atoms with E-state index in [0.29, 0.717) is 17.3 Å². The Bertz CT molecular complexity index is 746. The number of aryl methyl sites for hydroxylation is 1. The maximum Gasteiger partial charge on any atom is 0.319 e. The summed E-state index contributed by atoms with van der Waals surface area (Å²) in [7, 11) is 0. The average molecular weight is 360 g/mol. The Kier molecular flexibility index (Phi) is 5.71. The topological polar surface area (TPSA) is 70.2 Å². The van der Waals surface area contributed by atoms with Crippen LogP contribution in [0.15, 0.2) is 30.5 Å². The minimum atomic E-state index is -0.316. The van der Waals surface area contributed by atoms with E-state index >= 15 is 0 Å². The zero-order chi connectivity index (χ0) is 17.6. The summed E-state index contributed by atoms with van der Waals surface area (Å²) in [5, 5.41) is 6.07. The van der Waals surface area contributed by atoms with E-state index in [4.69, 9.17) is 11.6 Å². The average Bonchev–Trinajstić information content (AvgIpc) is 2.63. The molecule has 0 saturated carbocycles. The smallest absolute Gasteiger partial charge is 0.319 e. The number of nitrogens with one attached hydrogen (secondary N) is 2. The molecule has 0 bridgehead atoms. The van der Waals surface area contributed by atoms with Gasteiger partial charge >= 0.3 is 6.03 Å². The van der Waals surface area contributed by atoms with Crippen molar-refractivity contribution in [1.82, 2.24) is 15.3 Å². The van der Waals surface area contributed by atoms with Crippen LogP contribution in [-0.4, -0.2) is 29.1 Å². The summed E-state index contributed by atoms with van der Waals surface area (Å²) in [5.41, 5.74) is 2.41. The number of aromatic nitrogens is 2. The zero-order valence-electron chi connectivity index (χ0n) is 14.3. The lowest BCUT2D eigenvalue weighted by Gasteiger charge is -2.26. The summed E-state index contributed by atoms with van der Waals surface area (Å²) in [6.45, 7) is 4.26. The standard InChI is InChI=1S/C18H22ClN5O/c1-13-5-6-16(15(19)11-13)23-18(25)21-12-14-7-8-20-17(22-14)24-9-3-2-4-10-24/h5-8,11H,2-4,9-10,12H2,1H3,(H2,21,23,25). The largest absolute Gasteiger partial charge is 0.341 e. The van der Waals surface area contributed by atoms with E-state index in [2.05, 4.69) is 25.5 Å². The van der Waals surface area contributed by atoms with Gasteiger partial charge in [-0.25, -0.2) is 14.8 Å². The molecule has 1 saturated heterocycles. The molecule has 132 valence electrons. The van der Waals surface area contributed by atoms with Crippen LogP contribution in [0.5, 0.6) is 0 Å². The van der Waals surface area contributed by atoms with Gasteiger partial charge in [0.05, 0.1) is 22.9 Å². The van der Waals surface area contributed by atoms with Gasteiger partial charge in [-0.15, -0.1) is 0 Å². The number of urea groups is 1. The van der Waals surface area contributed by atoms with Crippen LogP contribution in [0.1, 0.15) is 30.5 Å². The van der Waals surface area contributed by atoms with Gasteiger partial charge in [-0.2, -0.15) is 0 Å². The van der Waals surface area contributed by atoms with Gasteiger partial charge in [0.2, 0.25) is 5.95 Å². The van der Waals surface area contributed by atoms with E-state index in [1.54, 1.807) is 12.3 Å². The van der Waals surface area contributed by atoms with Gasteiger partial charge in [0.1, 0.15) is 0 Å². The fourth-order valence-electron chi connectivity index (χ4n) is 2.79. The van der Waals surface area contributed by atoms with Gasteiger partial charge in [0.15, 0.2) is 0 Å². The molecule has 3 rings (SSSR count). The number of piperidine rings is 1. The Balaban J connectivity index is 1.56. The van der Waals surface area contributed by atoms with Gasteiger partial charge in [-0.1, -0.05) is 17.7 Å². The van der Waals surface area contributed by atoms with Crippen LogP contribution in [-0.2, 0) is 6.54 Å². The van der Waals surface area contributed by atoms with Crippen molar-refractivity contribution in [1.29, 1.82) is 0 Å². The quantitative estimate of drug-likeness (QED) is 0.872. The Morgan fingerprint density at radius 2 is 2.04 bits per heavy atom. The normalized spacial score (nSPS) is 14.2. The van der Waals surface area contributed by atoms with Gasteiger partial charge in [-0.3, -0.25) is 0 Å². The number of hydrogen-bond acceptors (Lipinski definition) is 4. The zero-order valence-corrected chi connectivity index (χ0v) is 15.0. The van der Waals surface area contributed by atoms with Crippen molar-refractivity contribution in [2.75, 3.05) is 23.3 Å². The monoisotopic (exact) mass is 359 g/mol. The molecule has 0 radical (unpaired) electrons. The van der Waals surface area contributed by atoms with Crippen LogP contribution < -0.4 is 15.5 Å². The maximum atomic E-state index is 12.1. The first-order valence-electron chi connectivity index (χ1n) is 8.50. The SMILES string of the molecule is Cc1ccc(NC(=O)NCc2ccnc(N3CCCCC3)n2)c(Cl)c1. The lowest BCUT2D eigenvalue weighted by atomic mass is 10.1. The summed E-state index contributed by atoms with van der Waals surface area (Å²) in [6.07, 6.45) is 5.35. The molecule has 0 atom stereocenters. The van der Waals surface area contributed by atoms with Crippen LogP contribution in [0, 0.1) is 6.92 Å². The molecular weight excluding hydrogens is 338 g/mol. The minimum absolute atomic E-state index is 0.316. The second-order valence-electron chi connectivity index (χ2n) is 6.19. The van der Waals surface area contributed by atoms with Crippen molar-refractivity contribution in [3.63, 3.8) is 0 Å². The molecule has 1 aromatic heterocycles. The first-order chi connectivity index (χ1) is 12.1. The van der Waals surface area contributed by atoms with E-state index in [-0.39, 0.29) is 6.03 Å². The molecule has 0 unspecified atom stereocenters. The van der Waals surface area contributed by atoms with Gasteiger partial charge in [-0.05, 0) is 49.9 Å². The van der Waals surface area contributed by atoms with Crippen LogP contribution >= 0.6 is 11.6 Å². The lowest BCUT2D eigenvalue weighted by molar-refractivity contribution is 0.251. The van der Waals surface area contributed by atoms with Crippen molar-refractivity contribution < 1.29 is 4.79 Å². The Hall–Kier alpha value is -2.34. The molecule has 1 aromatic carbocycles. The van der Waals surface area contributed by atoms with Crippen LogP contribution in [0.25, 0.3) is 0 Å². The van der Waals surface area contributed by atoms with E-state index in [9.17, 15) is 4.79 Å². The molecule has 1 aliphatic heterocycles. The van der Waals surface area contributed by atoms with E-state index in [1.165, 1.54) is 19.3 Å². The van der Waals surface area contributed by atoms with Crippen LogP contribution in [0.2, 0.25) is 5.02 Å². The van der Waals surface area contributed by atoms with Crippen molar-refractivity contribution in [2.45, 2.75) is 32.7 Å². The number of halogens is 1. The van der Waals surface area contributed by atoms with Gasteiger partial charge < -0.3 is 15.5 Å². The number of anilines is 2. The minimum Gasteiger partial charge on any atom is -0.341 e. The second kappa shape index (κ2) is 8.16. The van der Waals surface area contributed by atoms with E-state index in [0.717, 1.165) is 30.3 Å². The molecule has 0 aliphatic carbocycles. The first-order valence-corrected chi connectivity index (χ1v) is 8.87. The third-order valence-electron chi connectivity index (χ3n) is 4.14. The fourth-order valence-corrected chi connectivity index (χ4v) is 3.07. The third-order valence-corrected chi connectivity index (χ3v) is 4.46. The second-order valence-corrected chi connectivity index (χ2v) is 6.59. The highest BCUT2D eigenvalue weighted by molar-refractivity contribution is 6.33. The van der Waals surface area contributed by atoms with Gasteiger partial charge in [0, 0.05) is 19.3 Å². The maximum absolute atomic E-state index is 12.1. The Labute approximate surface area is 152 Å². The highest BCUT2D eigenvalue weighted by Gasteiger charge is 2.14. The number of nitrogens with zero attached hydrogens (tertiary/aromatic N) is 3. The van der Waals surface area contributed by atoms with Gasteiger partial charge in [0.25, 0.3) is 0 Å². The highest BCUT2D eigenvalue weighted by atomic mass is 35.5. The number of hydrogen-bond donors (Lipinski definition) is 2. The van der Waals surface area contributed by atoms with E-state index in [1.807, 2.05) is 25.1 Å².